The quantitative estimate of drug-likeness (QED) is 0.726. The Morgan fingerprint density at radius 2 is 1.89 bits per heavy atom. The van der Waals surface area contributed by atoms with Crippen molar-refractivity contribution in [1.82, 2.24) is 0 Å². The largest absolute Gasteiger partial charge is 0.504 e. The maximum absolute atomic E-state index is 10.1. The lowest BCUT2D eigenvalue weighted by atomic mass is 9.92. The third-order valence-electron chi connectivity index (χ3n) is 3.01. The molecule has 0 radical (unpaired) electrons. The molecule has 1 aromatic rings. The molecule has 3 unspecified atom stereocenters. The van der Waals surface area contributed by atoms with Crippen molar-refractivity contribution in [3.63, 3.8) is 0 Å². The van der Waals surface area contributed by atoms with Crippen molar-refractivity contribution >= 4 is 0 Å². The Balaban J connectivity index is 2.85. The van der Waals surface area contributed by atoms with E-state index in [4.69, 9.17) is 4.74 Å². The van der Waals surface area contributed by atoms with Gasteiger partial charge in [-0.2, -0.15) is 0 Å². The van der Waals surface area contributed by atoms with Crippen LogP contribution >= 0.6 is 0 Å². The molecule has 0 saturated carbocycles. The molecule has 0 saturated heterocycles. The van der Waals surface area contributed by atoms with Crippen LogP contribution in [0.5, 0.6) is 11.5 Å². The first kappa shape index (κ1) is 14.8. The monoisotopic (exact) mass is 254 g/mol. The van der Waals surface area contributed by atoms with Crippen LogP contribution < -0.4 is 4.74 Å². The Labute approximate surface area is 108 Å². The molecule has 0 aliphatic carbocycles. The van der Waals surface area contributed by atoms with E-state index < -0.39 is 12.2 Å². The normalized spacial score (nSPS) is 16.1. The van der Waals surface area contributed by atoms with Crippen molar-refractivity contribution < 1.29 is 20.1 Å². The smallest absolute Gasteiger partial charge is 0.161 e. The van der Waals surface area contributed by atoms with E-state index in [0.29, 0.717) is 18.8 Å². The minimum atomic E-state index is -0.796. The first-order valence-corrected chi connectivity index (χ1v) is 6.28. The predicted molar refractivity (Wildman–Crippen MR) is 70.0 cm³/mol. The molecule has 1 rings (SSSR count). The zero-order valence-corrected chi connectivity index (χ0v) is 11.1. The van der Waals surface area contributed by atoms with E-state index in [0.717, 1.165) is 5.56 Å². The molecule has 0 aliphatic rings. The number of phenolic OH excluding ortho intramolecular Hbond substituents is 1. The highest BCUT2D eigenvalue weighted by Crippen LogP contribution is 2.36. The Morgan fingerprint density at radius 3 is 2.44 bits per heavy atom. The second-order valence-electron chi connectivity index (χ2n) is 4.57. The fraction of sp³-hybridized carbons (Fsp3) is 0.571. The minimum Gasteiger partial charge on any atom is -0.504 e. The molecule has 0 aliphatic heterocycles. The van der Waals surface area contributed by atoms with E-state index in [2.05, 4.69) is 0 Å². The number of hydrogen-bond donors (Lipinski definition) is 3. The molecule has 102 valence electrons. The van der Waals surface area contributed by atoms with E-state index in [1.807, 2.05) is 19.9 Å². The molecule has 0 aromatic heterocycles. The Kier molecular flexibility index (Phi) is 5.44. The summed E-state index contributed by atoms with van der Waals surface area (Å²) >= 11 is 0. The molecule has 3 atom stereocenters. The number of phenols is 1. The number of hydrogen-bond acceptors (Lipinski definition) is 4. The number of ether oxygens (including phenoxy) is 1. The van der Waals surface area contributed by atoms with E-state index in [9.17, 15) is 15.3 Å². The summed E-state index contributed by atoms with van der Waals surface area (Å²) in [5, 5.41) is 29.0. The standard InChI is InChI=1S/C14H22O4/c1-4-18-13-7-5-6-11(14(13)17)9(2)8-12(16)10(3)15/h5-7,9-10,12,15-17H,4,8H2,1-3H3. The van der Waals surface area contributed by atoms with Crippen molar-refractivity contribution in [3.05, 3.63) is 23.8 Å². The molecule has 4 nitrogen and oxygen atoms in total. The van der Waals surface area contributed by atoms with Crippen LogP contribution in [0, 0.1) is 0 Å². The van der Waals surface area contributed by atoms with Gasteiger partial charge in [0, 0.05) is 5.56 Å². The van der Waals surface area contributed by atoms with Gasteiger partial charge in [-0.15, -0.1) is 0 Å². The van der Waals surface area contributed by atoms with E-state index in [-0.39, 0.29) is 11.7 Å². The van der Waals surface area contributed by atoms with Crippen molar-refractivity contribution in [2.45, 2.75) is 45.3 Å². The summed E-state index contributed by atoms with van der Waals surface area (Å²) < 4.78 is 5.32. The van der Waals surface area contributed by atoms with Gasteiger partial charge >= 0.3 is 0 Å². The number of para-hydroxylation sites is 1. The van der Waals surface area contributed by atoms with Crippen molar-refractivity contribution in [1.29, 1.82) is 0 Å². The predicted octanol–water partition coefficient (Wildman–Crippen LogP) is 2.03. The van der Waals surface area contributed by atoms with Crippen LogP contribution in [-0.4, -0.2) is 34.1 Å². The molecule has 0 spiro atoms. The maximum Gasteiger partial charge on any atom is 0.161 e. The molecule has 3 N–H and O–H groups in total. The van der Waals surface area contributed by atoms with Crippen LogP contribution in [0.25, 0.3) is 0 Å². The number of rotatable bonds is 6. The Hall–Kier alpha value is -1.26. The molecular weight excluding hydrogens is 232 g/mol. The second-order valence-corrected chi connectivity index (χ2v) is 4.57. The molecule has 1 aromatic carbocycles. The molecule has 0 bridgehead atoms. The summed E-state index contributed by atoms with van der Waals surface area (Å²) in [6.07, 6.45) is -1.18. The van der Waals surface area contributed by atoms with Crippen molar-refractivity contribution in [3.8, 4) is 11.5 Å². The molecular formula is C14H22O4. The number of aliphatic hydroxyl groups is 2. The van der Waals surface area contributed by atoms with Crippen LogP contribution in [-0.2, 0) is 0 Å². The van der Waals surface area contributed by atoms with E-state index >= 15 is 0 Å². The Bertz CT molecular complexity index is 376. The topological polar surface area (TPSA) is 69.9 Å². The molecule has 18 heavy (non-hydrogen) atoms. The lowest BCUT2D eigenvalue weighted by molar-refractivity contribution is 0.0226. The number of benzene rings is 1. The molecule has 0 amide bonds. The van der Waals surface area contributed by atoms with Gasteiger partial charge in [0.05, 0.1) is 18.8 Å². The third-order valence-corrected chi connectivity index (χ3v) is 3.01. The number of aliphatic hydroxyl groups excluding tert-OH is 2. The fourth-order valence-corrected chi connectivity index (χ4v) is 1.90. The lowest BCUT2D eigenvalue weighted by Crippen LogP contribution is -2.24. The summed E-state index contributed by atoms with van der Waals surface area (Å²) in [6, 6.07) is 5.32. The van der Waals surface area contributed by atoms with Crippen LogP contribution in [0.2, 0.25) is 0 Å². The van der Waals surface area contributed by atoms with Crippen LogP contribution in [0.1, 0.15) is 38.7 Å². The maximum atomic E-state index is 10.1. The SMILES string of the molecule is CCOc1cccc(C(C)CC(O)C(C)O)c1O. The lowest BCUT2D eigenvalue weighted by Gasteiger charge is -2.20. The highest BCUT2D eigenvalue weighted by atomic mass is 16.5. The average molecular weight is 254 g/mol. The van der Waals surface area contributed by atoms with Crippen molar-refractivity contribution in [2.24, 2.45) is 0 Å². The van der Waals surface area contributed by atoms with Crippen LogP contribution in [0.3, 0.4) is 0 Å². The average Bonchev–Trinajstić information content (AvgIpc) is 2.31. The number of aromatic hydroxyl groups is 1. The third kappa shape index (κ3) is 3.62. The first-order valence-electron chi connectivity index (χ1n) is 6.28. The molecule has 0 heterocycles. The Morgan fingerprint density at radius 1 is 1.22 bits per heavy atom. The van der Waals surface area contributed by atoms with Gasteiger partial charge in [0.15, 0.2) is 11.5 Å². The van der Waals surface area contributed by atoms with Gasteiger partial charge in [-0.05, 0) is 32.3 Å². The van der Waals surface area contributed by atoms with Crippen LogP contribution in [0.4, 0.5) is 0 Å². The van der Waals surface area contributed by atoms with Gasteiger partial charge in [0.1, 0.15) is 0 Å². The fourth-order valence-electron chi connectivity index (χ4n) is 1.90. The zero-order valence-electron chi connectivity index (χ0n) is 11.1. The highest BCUT2D eigenvalue weighted by molar-refractivity contribution is 5.46. The second kappa shape index (κ2) is 6.61. The molecule has 0 fully saturated rings. The minimum absolute atomic E-state index is 0.0602. The summed E-state index contributed by atoms with van der Waals surface area (Å²) in [7, 11) is 0. The summed E-state index contributed by atoms with van der Waals surface area (Å²) in [5.41, 5.74) is 0.723. The van der Waals surface area contributed by atoms with E-state index in [1.54, 1.807) is 19.1 Å². The van der Waals surface area contributed by atoms with E-state index in [1.165, 1.54) is 0 Å². The summed E-state index contributed by atoms with van der Waals surface area (Å²) in [5.74, 6) is 0.507. The van der Waals surface area contributed by atoms with Gasteiger partial charge in [0.25, 0.3) is 0 Å². The van der Waals surface area contributed by atoms with Gasteiger partial charge in [0.2, 0.25) is 0 Å². The van der Waals surface area contributed by atoms with Gasteiger partial charge in [-0.3, -0.25) is 0 Å². The summed E-state index contributed by atoms with van der Waals surface area (Å²) in [6.45, 7) is 5.79. The highest BCUT2D eigenvalue weighted by Gasteiger charge is 2.19. The zero-order chi connectivity index (χ0) is 13.7. The molecule has 4 heteroatoms. The van der Waals surface area contributed by atoms with Gasteiger partial charge < -0.3 is 20.1 Å². The van der Waals surface area contributed by atoms with Gasteiger partial charge in [-0.1, -0.05) is 19.1 Å². The van der Waals surface area contributed by atoms with Gasteiger partial charge in [-0.25, -0.2) is 0 Å². The summed E-state index contributed by atoms with van der Waals surface area (Å²) in [4.78, 5) is 0. The van der Waals surface area contributed by atoms with Crippen molar-refractivity contribution in [2.75, 3.05) is 6.61 Å². The first-order chi connectivity index (χ1) is 8.47. The van der Waals surface area contributed by atoms with Crippen LogP contribution in [0.15, 0.2) is 18.2 Å².